The van der Waals surface area contributed by atoms with E-state index in [9.17, 15) is 9.90 Å². The fraction of sp³-hybridized carbons (Fsp3) is 0.632. The van der Waals surface area contributed by atoms with E-state index >= 15 is 0 Å². The third-order valence-electron chi connectivity index (χ3n) is 5.50. The number of hydrogen-bond donors (Lipinski definition) is 1. The van der Waals surface area contributed by atoms with Crippen LogP contribution in [0.25, 0.3) is 0 Å². The summed E-state index contributed by atoms with van der Waals surface area (Å²) in [6, 6.07) is 9.29. The molecule has 4 nitrogen and oxygen atoms in total. The van der Waals surface area contributed by atoms with Crippen molar-refractivity contribution in [3.8, 4) is 0 Å². The van der Waals surface area contributed by atoms with Crippen molar-refractivity contribution in [2.45, 2.75) is 58.7 Å². The normalized spacial score (nSPS) is 26.0. The third-order valence-corrected chi connectivity index (χ3v) is 5.50. The molecule has 0 radical (unpaired) electrons. The second-order valence-corrected chi connectivity index (χ2v) is 8.03. The predicted molar refractivity (Wildman–Crippen MR) is 91.6 cm³/mol. The summed E-state index contributed by atoms with van der Waals surface area (Å²) in [6.45, 7) is 9.21. The van der Waals surface area contributed by atoms with E-state index in [0.29, 0.717) is 12.6 Å². The summed E-state index contributed by atoms with van der Waals surface area (Å²) in [5, 5.41) is 9.51. The van der Waals surface area contributed by atoms with Crippen molar-refractivity contribution >= 4 is 6.09 Å². The molecule has 23 heavy (non-hydrogen) atoms. The van der Waals surface area contributed by atoms with E-state index in [0.717, 1.165) is 32.4 Å². The average molecular weight is 316 g/mol. The molecule has 1 aromatic rings. The van der Waals surface area contributed by atoms with Gasteiger partial charge in [0.2, 0.25) is 0 Å². The summed E-state index contributed by atoms with van der Waals surface area (Å²) >= 11 is 0. The lowest BCUT2D eigenvalue weighted by molar-refractivity contribution is 0.0162. The number of nitrogens with zero attached hydrogens (tertiary/aromatic N) is 2. The monoisotopic (exact) mass is 316 g/mol. The molecular formula is C19H28N2O2. The minimum Gasteiger partial charge on any atom is -0.465 e. The summed E-state index contributed by atoms with van der Waals surface area (Å²) < 4.78 is 0. The molecule has 2 atom stereocenters. The molecule has 126 valence electrons. The zero-order valence-electron chi connectivity index (χ0n) is 14.5. The van der Waals surface area contributed by atoms with Crippen LogP contribution < -0.4 is 0 Å². The highest BCUT2D eigenvalue weighted by molar-refractivity contribution is 5.65. The van der Waals surface area contributed by atoms with E-state index in [4.69, 9.17) is 0 Å². The molecule has 0 aliphatic carbocycles. The Balaban J connectivity index is 1.74. The standard InChI is InChI=1S/C19H28N2O2/c1-19(2,3)17-12-16(9-11-21(17)18(22)23)20-10-8-14-6-4-5-7-15(14)13-20/h4-7,16-17H,8-13H2,1-3H3,(H,22,23). The van der Waals surface area contributed by atoms with Crippen molar-refractivity contribution in [1.29, 1.82) is 0 Å². The zero-order valence-corrected chi connectivity index (χ0v) is 14.5. The van der Waals surface area contributed by atoms with Crippen molar-refractivity contribution in [3.05, 3.63) is 35.4 Å². The molecule has 2 aliphatic heterocycles. The lowest BCUT2D eigenvalue weighted by Gasteiger charge is -2.48. The smallest absolute Gasteiger partial charge is 0.407 e. The van der Waals surface area contributed by atoms with Gasteiger partial charge < -0.3 is 10.0 Å². The molecule has 2 heterocycles. The summed E-state index contributed by atoms with van der Waals surface area (Å²) in [7, 11) is 0. The Morgan fingerprint density at radius 1 is 1.17 bits per heavy atom. The van der Waals surface area contributed by atoms with E-state index in [1.165, 1.54) is 11.1 Å². The van der Waals surface area contributed by atoms with Gasteiger partial charge in [-0.05, 0) is 35.8 Å². The second-order valence-electron chi connectivity index (χ2n) is 8.03. The van der Waals surface area contributed by atoms with Crippen LogP contribution in [0.4, 0.5) is 4.79 Å². The number of fused-ring (bicyclic) bond motifs is 1. The maximum absolute atomic E-state index is 11.6. The fourth-order valence-corrected chi connectivity index (χ4v) is 4.16. The number of carbonyl (C=O) groups is 1. The first-order valence-electron chi connectivity index (χ1n) is 8.66. The first-order valence-corrected chi connectivity index (χ1v) is 8.66. The van der Waals surface area contributed by atoms with E-state index in [1.807, 2.05) is 0 Å². The molecule has 0 bridgehead atoms. The van der Waals surface area contributed by atoms with Crippen molar-refractivity contribution in [2.75, 3.05) is 13.1 Å². The molecule has 1 N–H and O–H groups in total. The van der Waals surface area contributed by atoms with Gasteiger partial charge in [0.15, 0.2) is 0 Å². The Morgan fingerprint density at radius 2 is 1.87 bits per heavy atom. The number of piperidine rings is 1. The molecule has 3 rings (SSSR count). The summed E-state index contributed by atoms with van der Waals surface area (Å²) in [5.41, 5.74) is 2.89. The minimum atomic E-state index is -0.771. The van der Waals surface area contributed by atoms with Crippen LogP contribution in [-0.2, 0) is 13.0 Å². The summed E-state index contributed by atoms with van der Waals surface area (Å²) in [6.07, 6.45) is 2.22. The van der Waals surface area contributed by atoms with Crippen molar-refractivity contribution in [2.24, 2.45) is 5.41 Å². The molecule has 2 unspecified atom stereocenters. The van der Waals surface area contributed by atoms with Crippen LogP contribution in [0.2, 0.25) is 0 Å². The molecule has 4 heteroatoms. The quantitative estimate of drug-likeness (QED) is 0.861. The van der Waals surface area contributed by atoms with E-state index in [1.54, 1.807) is 4.90 Å². The molecule has 0 saturated carbocycles. The molecular weight excluding hydrogens is 288 g/mol. The lowest BCUT2D eigenvalue weighted by atomic mass is 9.78. The van der Waals surface area contributed by atoms with Gasteiger partial charge in [-0.3, -0.25) is 4.90 Å². The SMILES string of the molecule is CC(C)(C)C1CC(N2CCc3ccccc3C2)CCN1C(=O)O. The molecule has 1 aromatic carbocycles. The zero-order chi connectivity index (χ0) is 16.6. The first kappa shape index (κ1) is 16.3. The van der Waals surface area contributed by atoms with Crippen LogP contribution in [0.1, 0.15) is 44.7 Å². The average Bonchev–Trinajstić information content (AvgIpc) is 2.53. The number of carboxylic acid groups (broad SMARTS) is 1. The molecule has 2 aliphatic rings. The molecule has 0 spiro atoms. The fourth-order valence-electron chi connectivity index (χ4n) is 4.16. The molecule has 1 saturated heterocycles. The van der Waals surface area contributed by atoms with Crippen molar-refractivity contribution < 1.29 is 9.90 Å². The van der Waals surface area contributed by atoms with Crippen molar-refractivity contribution in [3.63, 3.8) is 0 Å². The minimum absolute atomic E-state index is 0.0231. The summed E-state index contributed by atoms with van der Waals surface area (Å²) in [4.78, 5) is 15.8. The van der Waals surface area contributed by atoms with E-state index in [-0.39, 0.29) is 11.5 Å². The summed E-state index contributed by atoms with van der Waals surface area (Å²) in [5.74, 6) is 0. The Morgan fingerprint density at radius 3 is 2.52 bits per heavy atom. The Hall–Kier alpha value is -1.55. The highest BCUT2D eigenvalue weighted by atomic mass is 16.4. The van der Waals surface area contributed by atoms with Crippen LogP contribution in [0.15, 0.2) is 24.3 Å². The Labute approximate surface area is 139 Å². The number of likely N-dealkylation sites (tertiary alicyclic amines) is 1. The van der Waals surface area contributed by atoms with E-state index in [2.05, 4.69) is 49.9 Å². The van der Waals surface area contributed by atoms with Crippen LogP contribution in [-0.4, -0.2) is 46.2 Å². The first-order chi connectivity index (χ1) is 10.9. The van der Waals surface area contributed by atoms with Gasteiger partial charge >= 0.3 is 6.09 Å². The van der Waals surface area contributed by atoms with Crippen LogP contribution in [0.5, 0.6) is 0 Å². The Bertz CT molecular complexity index is 579. The third kappa shape index (κ3) is 3.37. The van der Waals surface area contributed by atoms with Gasteiger partial charge in [0, 0.05) is 31.7 Å². The van der Waals surface area contributed by atoms with Gasteiger partial charge in [0.1, 0.15) is 0 Å². The maximum Gasteiger partial charge on any atom is 0.407 e. The second kappa shape index (κ2) is 6.16. The largest absolute Gasteiger partial charge is 0.465 e. The van der Waals surface area contributed by atoms with Gasteiger partial charge in [-0.1, -0.05) is 45.0 Å². The van der Waals surface area contributed by atoms with E-state index < -0.39 is 6.09 Å². The van der Waals surface area contributed by atoms with Crippen LogP contribution in [0.3, 0.4) is 0 Å². The highest BCUT2D eigenvalue weighted by Gasteiger charge is 2.40. The Kier molecular flexibility index (Phi) is 4.37. The molecule has 0 aromatic heterocycles. The van der Waals surface area contributed by atoms with Gasteiger partial charge in [0.05, 0.1) is 0 Å². The molecule has 1 amide bonds. The lowest BCUT2D eigenvalue weighted by Crippen LogP contribution is -2.56. The number of rotatable bonds is 1. The van der Waals surface area contributed by atoms with Crippen LogP contribution in [0, 0.1) is 5.41 Å². The predicted octanol–water partition coefficient (Wildman–Crippen LogP) is 3.60. The van der Waals surface area contributed by atoms with Gasteiger partial charge in [0.25, 0.3) is 0 Å². The number of amides is 1. The van der Waals surface area contributed by atoms with Crippen LogP contribution >= 0.6 is 0 Å². The number of benzene rings is 1. The van der Waals surface area contributed by atoms with Crippen molar-refractivity contribution in [1.82, 2.24) is 9.80 Å². The van der Waals surface area contributed by atoms with Gasteiger partial charge in [-0.2, -0.15) is 0 Å². The maximum atomic E-state index is 11.6. The van der Waals surface area contributed by atoms with Gasteiger partial charge in [-0.25, -0.2) is 4.79 Å². The van der Waals surface area contributed by atoms with Gasteiger partial charge in [-0.15, -0.1) is 0 Å². The molecule has 1 fully saturated rings. The number of hydrogen-bond acceptors (Lipinski definition) is 2. The highest BCUT2D eigenvalue weighted by Crippen LogP contribution is 2.35. The topological polar surface area (TPSA) is 43.8 Å².